The third kappa shape index (κ3) is 8.80. The summed E-state index contributed by atoms with van der Waals surface area (Å²) in [6, 6.07) is 26.6. The Morgan fingerprint density at radius 1 is 1.00 bits per heavy atom. The van der Waals surface area contributed by atoms with Crippen molar-refractivity contribution in [2.24, 2.45) is 0 Å². The van der Waals surface area contributed by atoms with Crippen molar-refractivity contribution < 1.29 is 28.7 Å². The van der Waals surface area contributed by atoms with E-state index in [1.54, 1.807) is 18.2 Å². The number of rotatable bonds is 11. The summed E-state index contributed by atoms with van der Waals surface area (Å²) in [6.07, 6.45) is 3.80. The molecule has 0 N–H and O–H groups in total. The van der Waals surface area contributed by atoms with Gasteiger partial charge in [0.05, 0.1) is 18.1 Å². The third-order valence-electron chi connectivity index (χ3n) is 7.43. The molecule has 0 aromatic heterocycles. The average Bonchev–Trinajstić information content (AvgIpc) is 3.67. The molecule has 9 nitrogen and oxygen atoms in total. The van der Waals surface area contributed by atoms with Gasteiger partial charge in [0.15, 0.2) is 11.5 Å². The Balaban J connectivity index is 0.000000600. The number of amides is 2. The summed E-state index contributed by atoms with van der Waals surface area (Å²) in [4.78, 5) is 37.3. The molecule has 0 bridgehead atoms. The highest BCUT2D eigenvalue weighted by molar-refractivity contribution is 5.93. The minimum atomic E-state index is -0.729. The molecule has 0 radical (unpaired) electrons. The lowest BCUT2D eigenvalue weighted by Gasteiger charge is -2.22. The predicted molar refractivity (Wildman–Crippen MR) is 158 cm³/mol. The fourth-order valence-corrected chi connectivity index (χ4v) is 5.14. The molecule has 2 amide bonds. The molecule has 42 heavy (non-hydrogen) atoms. The second-order valence-corrected chi connectivity index (χ2v) is 10.5. The molecule has 0 spiro atoms. The van der Waals surface area contributed by atoms with Crippen LogP contribution in [0.4, 0.5) is 4.79 Å². The Bertz CT molecular complexity index is 1270. The van der Waals surface area contributed by atoms with Gasteiger partial charge in [-0.2, -0.15) is 0 Å². The molecule has 5 rings (SSSR count). The Morgan fingerprint density at radius 3 is 2.26 bits per heavy atom. The lowest BCUT2D eigenvalue weighted by molar-refractivity contribution is -0.483. The van der Waals surface area contributed by atoms with E-state index in [1.807, 2.05) is 73.7 Å². The molecular formula is C33H38N2O7. The Morgan fingerprint density at radius 2 is 1.64 bits per heavy atom. The summed E-state index contributed by atoms with van der Waals surface area (Å²) in [5, 5.41) is 11.5. The summed E-state index contributed by atoms with van der Waals surface area (Å²) in [5.74, 6) is -0.135. The van der Waals surface area contributed by atoms with Gasteiger partial charge in [-0.3, -0.25) is 14.9 Å². The minimum Gasteiger partial charge on any atom is -0.487 e. The Labute approximate surface area is 246 Å². The fourth-order valence-electron chi connectivity index (χ4n) is 5.14. The normalized spacial score (nSPS) is 17.1. The first-order valence-electron chi connectivity index (χ1n) is 14.5. The Hall–Kier alpha value is -4.40. The van der Waals surface area contributed by atoms with Crippen molar-refractivity contribution in [3.05, 3.63) is 106 Å². The molecule has 2 aliphatic rings. The van der Waals surface area contributed by atoms with Crippen LogP contribution in [0.5, 0.6) is 11.5 Å². The van der Waals surface area contributed by atoms with Gasteiger partial charge in [0.25, 0.3) is 0 Å². The van der Waals surface area contributed by atoms with Crippen LogP contribution in [-0.4, -0.2) is 47.1 Å². The van der Waals surface area contributed by atoms with Gasteiger partial charge in [0, 0.05) is 11.3 Å². The number of nitrogens with zero attached hydrogens (tertiary/aromatic N) is 2. The number of benzene rings is 3. The molecule has 1 aliphatic heterocycles. The molecule has 2 atom stereocenters. The highest BCUT2D eigenvalue weighted by Crippen LogP contribution is 2.36. The summed E-state index contributed by atoms with van der Waals surface area (Å²) in [7, 11) is 0. The Kier molecular flexibility index (Phi) is 11.3. The summed E-state index contributed by atoms with van der Waals surface area (Å²) in [6.45, 7) is 1.92. The number of hydrogen-bond acceptors (Lipinski definition) is 7. The quantitative estimate of drug-likeness (QED) is 0.183. The van der Waals surface area contributed by atoms with Gasteiger partial charge in [0.2, 0.25) is 12.5 Å². The van der Waals surface area contributed by atoms with Crippen molar-refractivity contribution in [3.63, 3.8) is 0 Å². The van der Waals surface area contributed by atoms with Crippen molar-refractivity contribution in [3.8, 4) is 11.5 Å². The second-order valence-electron chi connectivity index (χ2n) is 10.5. The summed E-state index contributed by atoms with van der Waals surface area (Å²) < 4.78 is 17.4. The van der Waals surface area contributed by atoms with E-state index in [4.69, 9.17) is 14.2 Å². The van der Waals surface area contributed by atoms with Crippen LogP contribution in [0, 0.1) is 10.1 Å². The summed E-state index contributed by atoms with van der Waals surface area (Å²) >= 11 is 0. The molecule has 1 heterocycles. The molecule has 9 heteroatoms. The topological polar surface area (TPSA) is 108 Å². The number of carbonyl (C=O) groups is 2. The second kappa shape index (κ2) is 15.6. The van der Waals surface area contributed by atoms with E-state index >= 15 is 0 Å². The first-order valence-corrected chi connectivity index (χ1v) is 14.5. The van der Waals surface area contributed by atoms with Gasteiger partial charge >= 0.3 is 6.09 Å². The zero-order chi connectivity index (χ0) is 29.7. The first kappa shape index (κ1) is 30.6. The van der Waals surface area contributed by atoms with Crippen molar-refractivity contribution in [2.45, 2.75) is 70.1 Å². The van der Waals surface area contributed by atoms with Gasteiger partial charge in [-0.05, 0) is 55.4 Å². The summed E-state index contributed by atoms with van der Waals surface area (Å²) in [5.41, 5.74) is 1.61. The van der Waals surface area contributed by atoms with E-state index in [0.717, 1.165) is 36.1 Å². The molecule has 3 aromatic rings. The van der Waals surface area contributed by atoms with Crippen LogP contribution in [0.15, 0.2) is 84.9 Å². The zero-order valence-electron chi connectivity index (χ0n) is 23.9. The van der Waals surface area contributed by atoms with E-state index in [-0.39, 0.29) is 25.2 Å². The SMILES string of the molecule is CCC1COC(=O)N1C(=O)CC(C[N+](=O)[O-])c1ccc(OCc2ccccc2)c(OC2CCCC2)c1.c1ccccc1. The van der Waals surface area contributed by atoms with Crippen LogP contribution in [0.25, 0.3) is 0 Å². The molecule has 222 valence electrons. The molecule has 3 aromatic carbocycles. The first-order chi connectivity index (χ1) is 20.4. The van der Waals surface area contributed by atoms with E-state index in [9.17, 15) is 19.7 Å². The molecule has 1 saturated carbocycles. The van der Waals surface area contributed by atoms with E-state index < -0.39 is 29.4 Å². The van der Waals surface area contributed by atoms with E-state index in [0.29, 0.717) is 30.1 Å². The minimum absolute atomic E-state index is 0.0552. The van der Waals surface area contributed by atoms with Gasteiger partial charge in [-0.25, -0.2) is 9.69 Å². The molecule has 1 saturated heterocycles. The monoisotopic (exact) mass is 574 g/mol. The van der Waals surface area contributed by atoms with E-state index in [1.165, 1.54) is 0 Å². The zero-order valence-corrected chi connectivity index (χ0v) is 23.9. The van der Waals surface area contributed by atoms with Crippen LogP contribution in [0.3, 0.4) is 0 Å². The van der Waals surface area contributed by atoms with Crippen molar-refractivity contribution >= 4 is 12.0 Å². The molecular weight excluding hydrogens is 536 g/mol. The molecule has 2 unspecified atom stereocenters. The highest BCUT2D eigenvalue weighted by atomic mass is 16.6. The van der Waals surface area contributed by atoms with Gasteiger partial charge < -0.3 is 14.2 Å². The van der Waals surface area contributed by atoms with Crippen LogP contribution >= 0.6 is 0 Å². The fraction of sp³-hybridized carbons (Fsp3) is 0.394. The maximum atomic E-state index is 13.0. The lowest BCUT2D eigenvalue weighted by Crippen LogP contribution is -2.39. The van der Waals surface area contributed by atoms with Crippen molar-refractivity contribution in [1.82, 2.24) is 4.90 Å². The van der Waals surface area contributed by atoms with Gasteiger partial charge in [-0.15, -0.1) is 0 Å². The van der Waals surface area contributed by atoms with Crippen LogP contribution in [0.1, 0.15) is 62.5 Å². The number of imide groups is 1. The third-order valence-corrected chi connectivity index (χ3v) is 7.43. The van der Waals surface area contributed by atoms with Crippen LogP contribution in [0.2, 0.25) is 0 Å². The highest BCUT2D eigenvalue weighted by Gasteiger charge is 2.38. The van der Waals surface area contributed by atoms with Gasteiger partial charge in [-0.1, -0.05) is 79.7 Å². The number of nitro groups is 1. The maximum absolute atomic E-state index is 13.0. The number of carbonyl (C=O) groups excluding carboxylic acids is 2. The van der Waals surface area contributed by atoms with Crippen molar-refractivity contribution in [1.29, 1.82) is 0 Å². The largest absolute Gasteiger partial charge is 0.487 e. The number of ether oxygens (including phenoxy) is 3. The number of cyclic esters (lactones) is 1. The molecule has 1 aliphatic carbocycles. The van der Waals surface area contributed by atoms with Crippen molar-refractivity contribution in [2.75, 3.05) is 13.2 Å². The lowest BCUT2D eigenvalue weighted by atomic mass is 9.94. The number of hydrogen-bond donors (Lipinski definition) is 0. The van der Waals surface area contributed by atoms with Crippen LogP contribution in [-0.2, 0) is 16.1 Å². The van der Waals surface area contributed by atoms with E-state index in [2.05, 4.69) is 0 Å². The predicted octanol–water partition coefficient (Wildman–Crippen LogP) is 6.78. The standard InChI is InChI=1S/C27H32N2O7.C6H6/c1-2-22-18-35-27(31)29(22)26(30)15-21(16-28(32)33)20-12-13-24(34-17-19-8-4-3-5-9-19)25(14-20)36-23-10-6-7-11-23;1-2-4-6-5-3-1/h3-5,8-9,12-14,21-23H,2,6-7,10-11,15-18H2,1H3;1-6H. The molecule has 2 fully saturated rings. The van der Waals surface area contributed by atoms with Gasteiger partial charge in [0.1, 0.15) is 13.2 Å². The smallest absolute Gasteiger partial charge is 0.416 e. The maximum Gasteiger partial charge on any atom is 0.416 e. The van der Waals surface area contributed by atoms with Crippen LogP contribution < -0.4 is 9.47 Å². The average molecular weight is 575 g/mol.